The van der Waals surface area contributed by atoms with Crippen LogP contribution in [0.25, 0.3) is 16.8 Å². The van der Waals surface area contributed by atoms with E-state index < -0.39 is 0 Å². The molecule has 3 heteroatoms. The predicted octanol–water partition coefficient (Wildman–Crippen LogP) is 5.41. The van der Waals surface area contributed by atoms with Crippen LogP contribution in [-0.4, -0.2) is 36.6 Å². The van der Waals surface area contributed by atoms with Gasteiger partial charge in [-0.25, -0.2) is 0 Å². The maximum absolute atomic E-state index is 4.78. The average molecular weight is 400 g/mol. The number of fused-ring (bicyclic) bond motifs is 1. The van der Waals surface area contributed by atoms with E-state index in [0.717, 1.165) is 37.4 Å². The molecule has 3 heterocycles. The fourth-order valence-corrected chi connectivity index (χ4v) is 4.54. The van der Waals surface area contributed by atoms with Crippen molar-refractivity contribution in [3.63, 3.8) is 0 Å². The van der Waals surface area contributed by atoms with Gasteiger partial charge < -0.3 is 10.2 Å². The van der Waals surface area contributed by atoms with Crippen LogP contribution in [0.1, 0.15) is 60.7 Å². The number of nitrogens with one attached hydrogen (secondary N) is 1. The first-order valence-corrected chi connectivity index (χ1v) is 10.9. The Morgan fingerprint density at radius 1 is 1.27 bits per heavy atom. The molecule has 0 saturated carbocycles. The van der Waals surface area contributed by atoms with Gasteiger partial charge in [-0.15, -0.1) is 0 Å². The van der Waals surface area contributed by atoms with Crippen molar-refractivity contribution in [3.05, 3.63) is 82.7 Å². The number of hydrogen-bond acceptors (Lipinski definition) is 3. The first kappa shape index (κ1) is 20.6. The summed E-state index contributed by atoms with van der Waals surface area (Å²) in [6.07, 6.45) is 7.68. The highest BCUT2D eigenvalue weighted by Crippen LogP contribution is 2.37. The summed E-state index contributed by atoms with van der Waals surface area (Å²) in [7, 11) is 2.17. The molecule has 0 fully saturated rings. The van der Waals surface area contributed by atoms with Crippen molar-refractivity contribution in [2.75, 3.05) is 26.7 Å². The zero-order chi connectivity index (χ0) is 21.5. The first-order valence-electron chi connectivity index (χ1n) is 10.9. The second-order valence-corrected chi connectivity index (χ2v) is 9.28. The van der Waals surface area contributed by atoms with Crippen LogP contribution in [0.5, 0.6) is 0 Å². The fraction of sp³-hybridized carbons (Fsp3) is 0.370. The Morgan fingerprint density at radius 2 is 2.07 bits per heavy atom. The van der Waals surface area contributed by atoms with E-state index in [0.29, 0.717) is 0 Å². The molecule has 30 heavy (non-hydrogen) atoms. The summed E-state index contributed by atoms with van der Waals surface area (Å²) in [5, 5.41) is 3.45. The Hall–Kier alpha value is -2.65. The third kappa shape index (κ3) is 3.75. The zero-order valence-corrected chi connectivity index (χ0v) is 19.0. The van der Waals surface area contributed by atoms with Gasteiger partial charge in [-0.05, 0) is 67.3 Å². The third-order valence-corrected chi connectivity index (χ3v) is 6.58. The molecule has 0 radical (unpaired) electrons. The van der Waals surface area contributed by atoms with E-state index in [1.165, 1.54) is 39.0 Å². The van der Waals surface area contributed by atoms with E-state index in [1.807, 2.05) is 6.20 Å². The Kier molecular flexibility index (Phi) is 5.42. The second kappa shape index (κ2) is 7.88. The van der Waals surface area contributed by atoms with E-state index in [2.05, 4.69) is 88.0 Å². The number of hydrogen-bond donors (Lipinski definition) is 1. The molecule has 2 aromatic rings. The number of allylic oxidation sites excluding steroid dienone is 1. The van der Waals surface area contributed by atoms with E-state index in [1.54, 1.807) is 0 Å². The van der Waals surface area contributed by atoms with Crippen molar-refractivity contribution in [3.8, 4) is 0 Å². The quantitative estimate of drug-likeness (QED) is 0.748. The number of aryl methyl sites for hydroxylation is 1. The van der Waals surface area contributed by atoms with Crippen molar-refractivity contribution < 1.29 is 0 Å². The number of pyridine rings is 1. The number of likely N-dealkylation sites (N-methyl/N-ethyl adjacent to an activating group) is 1. The van der Waals surface area contributed by atoms with Crippen LogP contribution >= 0.6 is 0 Å². The van der Waals surface area contributed by atoms with Crippen molar-refractivity contribution >= 4 is 16.8 Å². The van der Waals surface area contributed by atoms with Gasteiger partial charge in [0.15, 0.2) is 0 Å². The second-order valence-electron chi connectivity index (χ2n) is 9.28. The van der Waals surface area contributed by atoms with Crippen LogP contribution in [0.15, 0.2) is 49.2 Å². The lowest BCUT2D eigenvalue weighted by Crippen LogP contribution is -2.37. The largest absolute Gasteiger partial charge is 0.384 e. The molecule has 3 nitrogen and oxygen atoms in total. The molecule has 0 aliphatic carbocycles. The minimum absolute atomic E-state index is 0.0689. The van der Waals surface area contributed by atoms with Gasteiger partial charge in [0.2, 0.25) is 0 Å². The maximum atomic E-state index is 4.78. The molecule has 2 aliphatic rings. The van der Waals surface area contributed by atoms with Crippen molar-refractivity contribution in [1.29, 1.82) is 0 Å². The van der Waals surface area contributed by atoms with Crippen LogP contribution in [0.4, 0.5) is 0 Å². The molecule has 1 N–H and O–H groups in total. The smallest absolute Gasteiger partial charge is 0.0451 e. The SMILES string of the molecule is C=C1NCC(C)(C)c2cc(/C(=C/C)c3cc(C4=CCN(C)CC4)cnc3C)ccc21. The van der Waals surface area contributed by atoms with Crippen LogP contribution in [0, 0.1) is 6.92 Å². The molecule has 0 unspecified atom stereocenters. The predicted molar refractivity (Wildman–Crippen MR) is 128 cm³/mol. The lowest BCUT2D eigenvalue weighted by atomic mass is 9.76. The minimum atomic E-state index is 0.0689. The highest BCUT2D eigenvalue weighted by atomic mass is 15.1. The molecule has 156 valence electrons. The minimum Gasteiger partial charge on any atom is -0.384 e. The van der Waals surface area contributed by atoms with Gasteiger partial charge in [0.05, 0.1) is 0 Å². The van der Waals surface area contributed by atoms with E-state index in [4.69, 9.17) is 4.98 Å². The summed E-state index contributed by atoms with van der Waals surface area (Å²) in [6, 6.07) is 9.14. The summed E-state index contributed by atoms with van der Waals surface area (Å²) in [5.41, 5.74) is 11.1. The van der Waals surface area contributed by atoms with Gasteiger partial charge >= 0.3 is 0 Å². The Labute approximate surface area is 181 Å². The first-order chi connectivity index (χ1) is 14.3. The van der Waals surface area contributed by atoms with Gasteiger partial charge in [-0.2, -0.15) is 0 Å². The molecular formula is C27H33N3. The van der Waals surface area contributed by atoms with Crippen LogP contribution in [0.3, 0.4) is 0 Å². The Bertz CT molecular complexity index is 1060. The van der Waals surface area contributed by atoms with Gasteiger partial charge in [0, 0.05) is 53.8 Å². The third-order valence-electron chi connectivity index (χ3n) is 6.58. The normalized spacial score (nSPS) is 19.2. The maximum Gasteiger partial charge on any atom is 0.0451 e. The van der Waals surface area contributed by atoms with Crippen molar-refractivity contribution in [2.24, 2.45) is 0 Å². The molecule has 1 aromatic carbocycles. The Morgan fingerprint density at radius 3 is 2.77 bits per heavy atom. The van der Waals surface area contributed by atoms with Crippen LogP contribution in [-0.2, 0) is 5.41 Å². The number of benzene rings is 1. The molecule has 0 spiro atoms. The van der Waals surface area contributed by atoms with Crippen LogP contribution in [0.2, 0.25) is 0 Å². The van der Waals surface area contributed by atoms with E-state index >= 15 is 0 Å². The topological polar surface area (TPSA) is 28.2 Å². The lowest BCUT2D eigenvalue weighted by Gasteiger charge is -2.35. The summed E-state index contributed by atoms with van der Waals surface area (Å²) < 4.78 is 0. The molecule has 0 atom stereocenters. The number of aromatic nitrogens is 1. The summed E-state index contributed by atoms with van der Waals surface area (Å²) in [6.45, 7) is 16.1. The molecular weight excluding hydrogens is 366 g/mol. The molecule has 4 rings (SSSR count). The summed E-state index contributed by atoms with van der Waals surface area (Å²) >= 11 is 0. The fourth-order valence-electron chi connectivity index (χ4n) is 4.54. The van der Waals surface area contributed by atoms with E-state index in [9.17, 15) is 0 Å². The lowest BCUT2D eigenvalue weighted by molar-refractivity contribution is 0.370. The molecule has 0 amide bonds. The molecule has 0 saturated heterocycles. The van der Waals surface area contributed by atoms with Gasteiger partial charge in [-0.3, -0.25) is 4.98 Å². The zero-order valence-electron chi connectivity index (χ0n) is 19.0. The van der Waals surface area contributed by atoms with Crippen molar-refractivity contribution in [2.45, 2.75) is 39.5 Å². The number of rotatable bonds is 3. The number of nitrogens with zero attached hydrogens (tertiary/aromatic N) is 2. The average Bonchev–Trinajstić information content (AvgIpc) is 2.74. The summed E-state index contributed by atoms with van der Waals surface area (Å²) in [5.74, 6) is 0. The van der Waals surface area contributed by atoms with E-state index in [-0.39, 0.29) is 5.41 Å². The molecule has 0 bridgehead atoms. The Balaban J connectivity index is 1.77. The highest BCUT2D eigenvalue weighted by molar-refractivity contribution is 5.84. The van der Waals surface area contributed by atoms with Gasteiger partial charge in [0.25, 0.3) is 0 Å². The van der Waals surface area contributed by atoms with Gasteiger partial charge in [0.1, 0.15) is 0 Å². The van der Waals surface area contributed by atoms with Crippen molar-refractivity contribution in [1.82, 2.24) is 15.2 Å². The molecule has 1 aromatic heterocycles. The summed E-state index contributed by atoms with van der Waals surface area (Å²) in [4.78, 5) is 7.12. The van der Waals surface area contributed by atoms with Gasteiger partial charge in [-0.1, -0.05) is 44.7 Å². The highest BCUT2D eigenvalue weighted by Gasteiger charge is 2.29. The standard InChI is InChI=1S/C27H33N3/c1-7-23(21-8-9-24-18(2)29-17-27(4,5)26(24)15-21)25-14-22(16-28-19(25)3)20-10-12-30(6)13-11-20/h7-10,14-16,29H,2,11-13,17H2,1,3-6H3/b23-7-. The molecule has 2 aliphatic heterocycles. The monoisotopic (exact) mass is 399 g/mol. The van der Waals surface area contributed by atoms with Crippen LogP contribution < -0.4 is 5.32 Å².